The molecule has 0 unspecified atom stereocenters. The Morgan fingerprint density at radius 3 is 2.38 bits per heavy atom. The first kappa shape index (κ1) is 29.2. The molecule has 10 nitrogen and oxygen atoms in total. The van der Waals surface area contributed by atoms with Crippen LogP contribution in [0.25, 0.3) is 11.1 Å². The van der Waals surface area contributed by atoms with Gasteiger partial charge in [-0.3, -0.25) is 9.59 Å². The number of aryl methyl sites for hydroxylation is 1. The smallest absolute Gasteiger partial charge is 0.407 e. The number of hydrogen-bond donors (Lipinski definition) is 3. The average molecular weight is 573 g/mol. The number of amides is 2. The summed E-state index contributed by atoms with van der Waals surface area (Å²) >= 11 is 0. The van der Waals surface area contributed by atoms with Gasteiger partial charge in [0.2, 0.25) is 0 Å². The number of H-pyrrole nitrogens is 1. The fourth-order valence-corrected chi connectivity index (χ4v) is 6.01. The van der Waals surface area contributed by atoms with Crippen molar-refractivity contribution in [3.8, 4) is 11.1 Å². The predicted molar refractivity (Wildman–Crippen MR) is 165 cm³/mol. The third kappa shape index (κ3) is 5.84. The van der Waals surface area contributed by atoms with E-state index in [2.05, 4.69) is 40.0 Å². The number of carbonyl (C=O) groups excluding carboxylic acids is 1. The van der Waals surface area contributed by atoms with Crippen LogP contribution >= 0.6 is 0 Å². The van der Waals surface area contributed by atoms with Crippen molar-refractivity contribution in [3.05, 3.63) is 74.8 Å². The molecule has 2 aliphatic rings. The minimum absolute atomic E-state index is 0.153. The molecule has 0 atom stereocenters. The average Bonchev–Trinajstić information content (AvgIpc) is 3.40. The Bertz CT molecular complexity index is 1540. The molecule has 1 fully saturated rings. The molecule has 1 saturated heterocycles. The highest BCUT2D eigenvalue weighted by Crippen LogP contribution is 2.37. The molecule has 0 bridgehead atoms. The van der Waals surface area contributed by atoms with Crippen molar-refractivity contribution >= 4 is 23.5 Å². The molecule has 3 N–H and O–H groups in total. The minimum Gasteiger partial charge on any atom is -0.465 e. The Morgan fingerprint density at radius 2 is 1.76 bits per heavy atom. The second-order valence-corrected chi connectivity index (χ2v) is 11.8. The van der Waals surface area contributed by atoms with Gasteiger partial charge in [0.05, 0.1) is 0 Å². The normalized spacial score (nSPS) is 15.0. The van der Waals surface area contributed by atoms with E-state index in [9.17, 15) is 19.5 Å². The summed E-state index contributed by atoms with van der Waals surface area (Å²) in [6.07, 6.45) is 1.70. The second-order valence-electron chi connectivity index (χ2n) is 11.8. The van der Waals surface area contributed by atoms with Gasteiger partial charge in [0.25, 0.3) is 11.5 Å². The van der Waals surface area contributed by atoms with Crippen LogP contribution in [0.1, 0.15) is 66.4 Å². The molecule has 1 aromatic carbocycles. The molecule has 3 aromatic rings. The third-order valence-electron chi connectivity index (χ3n) is 8.31. The first-order valence-corrected chi connectivity index (χ1v) is 14.7. The molecule has 222 valence electrons. The Hall–Kier alpha value is -4.34. The molecule has 2 aromatic heterocycles. The second kappa shape index (κ2) is 11.9. The zero-order valence-corrected chi connectivity index (χ0v) is 25.0. The summed E-state index contributed by atoms with van der Waals surface area (Å²) in [5.74, 6) is 0.756. The zero-order chi connectivity index (χ0) is 30.1. The lowest BCUT2D eigenvalue weighted by Gasteiger charge is -2.33. The highest BCUT2D eigenvalue weighted by Gasteiger charge is 2.28. The molecule has 5 rings (SSSR count). The van der Waals surface area contributed by atoms with E-state index in [1.54, 1.807) is 0 Å². The number of aromatic nitrogens is 2. The summed E-state index contributed by atoms with van der Waals surface area (Å²) in [6.45, 7) is 13.3. The largest absolute Gasteiger partial charge is 0.465 e. The van der Waals surface area contributed by atoms with Gasteiger partial charge in [0.15, 0.2) is 0 Å². The number of hydrogen-bond acceptors (Lipinski definition) is 6. The first-order chi connectivity index (χ1) is 20.0. The van der Waals surface area contributed by atoms with Crippen LogP contribution in [0.5, 0.6) is 0 Å². The molecule has 10 heteroatoms. The van der Waals surface area contributed by atoms with Crippen LogP contribution in [0, 0.1) is 6.92 Å². The lowest BCUT2D eigenvalue weighted by Crippen LogP contribution is -2.48. The zero-order valence-electron chi connectivity index (χ0n) is 25.0. The topological polar surface area (TPSA) is 122 Å². The van der Waals surface area contributed by atoms with Crippen molar-refractivity contribution in [1.82, 2.24) is 20.2 Å². The molecular weight excluding hydrogens is 532 g/mol. The Balaban J connectivity index is 1.43. The van der Waals surface area contributed by atoms with E-state index in [4.69, 9.17) is 4.98 Å². The van der Waals surface area contributed by atoms with Gasteiger partial charge >= 0.3 is 6.09 Å². The van der Waals surface area contributed by atoms with Crippen molar-refractivity contribution in [2.24, 2.45) is 0 Å². The summed E-state index contributed by atoms with van der Waals surface area (Å²) < 4.78 is 0. The number of aromatic amines is 1. The number of anilines is 2. The number of nitrogens with one attached hydrogen (secondary N) is 2. The monoisotopic (exact) mass is 572 g/mol. The standard InChI is InChI=1S/C32H40N6O4/c1-19(2)25-14-21(5)35-31(40)27(25)18-34-30(39)26-15-23(16-28-24(26)8-9-38(28)20(3)4)22-6-7-29(33-17-22)36-10-12-37(13-11-36)32(41)42/h6-7,14-17,19-20H,8-13,18H2,1-5H3,(H,34,39)(H,35,40)(H,41,42). The predicted octanol–water partition coefficient (Wildman–Crippen LogP) is 4.37. The summed E-state index contributed by atoms with van der Waals surface area (Å²) in [7, 11) is 0. The van der Waals surface area contributed by atoms with E-state index < -0.39 is 6.09 Å². The maximum atomic E-state index is 13.7. The van der Waals surface area contributed by atoms with Crippen LogP contribution in [0.15, 0.2) is 41.3 Å². The van der Waals surface area contributed by atoms with Gasteiger partial charge in [-0.2, -0.15) is 0 Å². The number of carbonyl (C=O) groups is 2. The fraction of sp³-hybridized carbons (Fsp3) is 0.438. The van der Waals surface area contributed by atoms with Crippen LogP contribution in [-0.2, 0) is 13.0 Å². The lowest BCUT2D eigenvalue weighted by molar-refractivity contribution is 0.0949. The molecule has 4 heterocycles. The summed E-state index contributed by atoms with van der Waals surface area (Å²) in [4.78, 5) is 51.2. The number of nitrogens with zero attached hydrogens (tertiary/aromatic N) is 4. The minimum atomic E-state index is -0.893. The maximum absolute atomic E-state index is 13.7. The number of carboxylic acid groups (broad SMARTS) is 1. The number of benzene rings is 1. The van der Waals surface area contributed by atoms with Crippen LogP contribution in [0.2, 0.25) is 0 Å². The molecule has 0 saturated carbocycles. The fourth-order valence-electron chi connectivity index (χ4n) is 6.01. The summed E-state index contributed by atoms with van der Waals surface area (Å²) in [5, 5.41) is 12.3. The van der Waals surface area contributed by atoms with Gasteiger partial charge in [-0.05, 0) is 80.1 Å². The van der Waals surface area contributed by atoms with Gasteiger partial charge in [0.1, 0.15) is 5.82 Å². The van der Waals surface area contributed by atoms with Gasteiger partial charge in [-0.1, -0.05) is 13.8 Å². The number of fused-ring (bicyclic) bond motifs is 1. The van der Waals surface area contributed by atoms with Gasteiger partial charge < -0.3 is 30.1 Å². The summed E-state index contributed by atoms with van der Waals surface area (Å²) in [5.41, 5.74) is 6.66. The Morgan fingerprint density at radius 1 is 1.02 bits per heavy atom. The van der Waals surface area contributed by atoms with E-state index in [-0.39, 0.29) is 30.0 Å². The van der Waals surface area contributed by atoms with Gasteiger partial charge in [-0.25, -0.2) is 9.78 Å². The quantitative estimate of drug-likeness (QED) is 0.384. The highest BCUT2D eigenvalue weighted by atomic mass is 16.4. The highest BCUT2D eigenvalue weighted by molar-refractivity contribution is 5.99. The van der Waals surface area contributed by atoms with Crippen molar-refractivity contribution in [2.75, 3.05) is 42.5 Å². The van der Waals surface area contributed by atoms with Gasteiger partial charge in [-0.15, -0.1) is 0 Å². The van der Waals surface area contributed by atoms with Crippen LogP contribution in [0.3, 0.4) is 0 Å². The third-order valence-corrected chi connectivity index (χ3v) is 8.31. The van der Waals surface area contributed by atoms with E-state index in [0.717, 1.165) is 52.4 Å². The molecule has 2 amide bonds. The molecule has 0 radical (unpaired) electrons. The number of rotatable bonds is 7. The first-order valence-electron chi connectivity index (χ1n) is 14.7. The van der Waals surface area contributed by atoms with E-state index in [0.29, 0.717) is 37.3 Å². The maximum Gasteiger partial charge on any atom is 0.407 e. The van der Waals surface area contributed by atoms with E-state index >= 15 is 0 Å². The lowest BCUT2D eigenvalue weighted by atomic mass is 9.96. The van der Waals surface area contributed by atoms with Crippen LogP contribution in [0.4, 0.5) is 16.3 Å². The number of pyridine rings is 2. The molecule has 42 heavy (non-hydrogen) atoms. The number of piperazine rings is 1. The van der Waals surface area contributed by atoms with E-state index in [1.165, 1.54) is 4.90 Å². The van der Waals surface area contributed by atoms with Crippen molar-refractivity contribution in [1.29, 1.82) is 0 Å². The van der Waals surface area contributed by atoms with Gasteiger partial charge in [0, 0.05) is 79.6 Å². The SMILES string of the molecule is Cc1cc(C(C)C)c(CNC(=O)c2cc(-c3ccc(N4CCN(C(=O)O)CC4)nc3)cc3c2CCN3C(C)C)c(=O)[nH]1. The van der Waals surface area contributed by atoms with Crippen LogP contribution < -0.4 is 20.7 Å². The Labute approximate surface area is 246 Å². The molecule has 0 spiro atoms. The summed E-state index contributed by atoms with van der Waals surface area (Å²) in [6, 6.07) is 10.3. The Kier molecular flexibility index (Phi) is 8.24. The molecule has 2 aliphatic heterocycles. The van der Waals surface area contributed by atoms with E-state index in [1.807, 2.05) is 51.2 Å². The van der Waals surface area contributed by atoms with Crippen molar-refractivity contribution in [2.45, 2.75) is 59.5 Å². The van der Waals surface area contributed by atoms with Crippen molar-refractivity contribution < 1.29 is 14.7 Å². The molecular formula is C32H40N6O4. The molecule has 0 aliphatic carbocycles. The van der Waals surface area contributed by atoms with Crippen molar-refractivity contribution in [3.63, 3.8) is 0 Å². The van der Waals surface area contributed by atoms with Crippen LogP contribution in [-0.4, -0.2) is 70.7 Å².